The van der Waals surface area contributed by atoms with E-state index >= 15 is 0 Å². The van der Waals surface area contributed by atoms with Gasteiger partial charge in [-0.2, -0.15) is 4.99 Å². The van der Waals surface area contributed by atoms with Crippen molar-refractivity contribution in [3.8, 4) is 17.0 Å². The Bertz CT molecular complexity index is 600. The van der Waals surface area contributed by atoms with Gasteiger partial charge in [0.25, 0.3) is 0 Å². The second-order valence-electron chi connectivity index (χ2n) is 3.79. The molecule has 0 atom stereocenters. The average molecular weight is 240 g/mol. The van der Waals surface area contributed by atoms with E-state index in [1.807, 2.05) is 31.2 Å². The summed E-state index contributed by atoms with van der Waals surface area (Å²) in [4.78, 5) is 17.9. The number of methoxy groups -OCH3 is 1. The molecule has 0 bridgehead atoms. The van der Waals surface area contributed by atoms with Crippen molar-refractivity contribution in [1.82, 2.24) is 4.98 Å². The van der Waals surface area contributed by atoms with E-state index < -0.39 is 0 Å². The van der Waals surface area contributed by atoms with Gasteiger partial charge in [-0.25, -0.2) is 4.79 Å². The Morgan fingerprint density at radius 3 is 2.67 bits per heavy atom. The third-order valence-electron chi connectivity index (χ3n) is 2.61. The molecule has 0 spiro atoms. The topological polar surface area (TPSA) is 51.5 Å². The number of hydrogen-bond donors (Lipinski definition) is 0. The van der Waals surface area contributed by atoms with E-state index in [4.69, 9.17) is 4.74 Å². The van der Waals surface area contributed by atoms with Crippen LogP contribution in [0.1, 0.15) is 5.56 Å². The van der Waals surface area contributed by atoms with Crippen molar-refractivity contribution in [3.63, 3.8) is 0 Å². The zero-order valence-corrected chi connectivity index (χ0v) is 10.2. The molecule has 0 N–H and O–H groups in total. The Labute approximate surface area is 105 Å². The van der Waals surface area contributed by atoms with E-state index in [9.17, 15) is 4.79 Å². The van der Waals surface area contributed by atoms with Gasteiger partial charge in [-0.05, 0) is 42.8 Å². The lowest BCUT2D eigenvalue weighted by atomic mass is 10.1. The number of pyridine rings is 1. The zero-order valence-electron chi connectivity index (χ0n) is 10.2. The van der Waals surface area contributed by atoms with Crippen LogP contribution in [0.15, 0.2) is 41.5 Å². The number of aliphatic imine (C=N–C) groups is 1. The van der Waals surface area contributed by atoms with Crippen molar-refractivity contribution in [2.45, 2.75) is 6.92 Å². The summed E-state index contributed by atoms with van der Waals surface area (Å²) in [6, 6.07) is 9.40. The number of carbonyl (C=O) groups excluding carboxylic acids is 1. The molecule has 0 aliphatic carbocycles. The maximum Gasteiger partial charge on any atom is 0.240 e. The van der Waals surface area contributed by atoms with Crippen LogP contribution < -0.4 is 4.74 Å². The predicted octanol–water partition coefficient (Wildman–Crippen LogP) is 3.03. The summed E-state index contributed by atoms with van der Waals surface area (Å²) in [6.45, 7) is 1.98. The van der Waals surface area contributed by atoms with Gasteiger partial charge in [0.05, 0.1) is 24.7 Å². The number of rotatable bonds is 3. The first-order valence-corrected chi connectivity index (χ1v) is 5.43. The summed E-state index contributed by atoms with van der Waals surface area (Å²) < 4.78 is 5.21. The minimum Gasteiger partial charge on any atom is -0.496 e. The van der Waals surface area contributed by atoms with Gasteiger partial charge < -0.3 is 4.74 Å². The maximum absolute atomic E-state index is 10.1. The first-order chi connectivity index (χ1) is 8.74. The van der Waals surface area contributed by atoms with Crippen LogP contribution in [-0.4, -0.2) is 18.2 Å². The van der Waals surface area contributed by atoms with Crippen molar-refractivity contribution >= 4 is 11.8 Å². The van der Waals surface area contributed by atoms with Crippen LogP contribution in [0.2, 0.25) is 0 Å². The van der Waals surface area contributed by atoms with Crippen LogP contribution in [0.25, 0.3) is 11.3 Å². The second-order valence-corrected chi connectivity index (χ2v) is 3.79. The van der Waals surface area contributed by atoms with Crippen molar-refractivity contribution in [2.24, 2.45) is 4.99 Å². The Kier molecular flexibility index (Phi) is 3.51. The van der Waals surface area contributed by atoms with Crippen LogP contribution in [0, 0.1) is 6.92 Å². The van der Waals surface area contributed by atoms with Crippen molar-refractivity contribution < 1.29 is 9.53 Å². The van der Waals surface area contributed by atoms with E-state index in [1.54, 1.807) is 19.4 Å². The molecule has 90 valence electrons. The molecule has 0 saturated heterocycles. The number of aryl methyl sites for hydroxylation is 1. The monoisotopic (exact) mass is 240 g/mol. The molecule has 0 aliphatic heterocycles. The van der Waals surface area contributed by atoms with Crippen LogP contribution in [0.5, 0.6) is 5.75 Å². The molecule has 4 nitrogen and oxygen atoms in total. The lowest BCUT2D eigenvalue weighted by molar-refractivity contribution is 0.412. The third kappa shape index (κ3) is 2.44. The first kappa shape index (κ1) is 12.0. The molecule has 0 saturated carbocycles. The normalized spacial score (nSPS) is 9.67. The standard InChI is InChI=1S/C14H12N2O2/c1-10-7-11(3-6-14(10)18-2)13-5-4-12(8-15-13)16-9-17/h3-8H,1-2H3. The molecule has 2 aromatic rings. The minimum absolute atomic E-state index is 0.499. The molecule has 0 fully saturated rings. The van der Waals surface area contributed by atoms with Crippen molar-refractivity contribution in [1.29, 1.82) is 0 Å². The molecule has 0 amide bonds. The summed E-state index contributed by atoms with van der Waals surface area (Å²) in [5.74, 6) is 0.848. The Morgan fingerprint density at radius 1 is 1.28 bits per heavy atom. The summed E-state index contributed by atoms with van der Waals surface area (Å²) in [6.07, 6.45) is 3.03. The van der Waals surface area contributed by atoms with Gasteiger partial charge in [0.1, 0.15) is 5.75 Å². The summed E-state index contributed by atoms with van der Waals surface area (Å²) in [7, 11) is 1.65. The molecule has 1 aromatic heterocycles. The molecule has 18 heavy (non-hydrogen) atoms. The first-order valence-electron chi connectivity index (χ1n) is 5.43. The molecular weight excluding hydrogens is 228 g/mol. The van der Waals surface area contributed by atoms with Crippen molar-refractivity contribution in [3.05, 3.63) is 42.1 Å². The Balaban J connectivity index is 2.36. The lowest BCUT2D eigenvalue weighted by Gasteiger charge is -2.07. The fourth-order valence-corrected chi connectivity index (χ4v) is 1.71. The summed E-state index contributed by atoms with van der Waals surface area (Å²) in [5, 5.41) is 0. The highest BCUT2D eigenvalue weighted by Crippen LogP contribution is 2.25. The number of hydrogen-bond acceptors (Lipinski definition) is 4. The van der Waals surface area contributed by atoms with E-state index in [0.29, 0.717) is 5.69 Å². The van der Waals surface area contributed by atoms with Crippen molar-refractivity contribution in [2.75, 3.05) is 7.11 Å². The predicted molar refractivity (Wildman–Crippen MR) is 68.7 cm³/mol. The molecule has 4 heteroatoms. The molecule has 1 aromatic carbocycles. The maximum atomic E-state index is 10.1. The van der Waals surface area contributed by atoms with E-state index in [0.717, 1.165) is 22.6 Å². The fourth-order valence-electron chi connectivity index (χ4n) is 1.71. The zero-order chi connectivity index (χ0) is 13.0. The van der Waals surface area contributed by atoms with Crippen LogP contribution >= 0.6 is 0 Å². The van der Waals surface area contributed by atoms with Gasteiger partial charge in [-0.3, -0.25) is 4.98 Å². The van der Waals surface area contributed by atoms with Crippen LogP contribution in [0.3, 0.4) is 0 Å². The summed E-state index contributed by atoms with van der Waals surface area (Å²) >= 11 is 0. The Morgan fingerprint density at radius 2 is 2.11 bits per heavy atom. The molecule has 2 rings (SSSR count). The number of isocyanates is 1. The molecular formula is C14H12N2O2. The highest BCUT2D eigenvalue weighted by molar-refractivity contribution is 5.63. The number of aromatic nitrogens is 1. The lowest BCUT2D eigenvalue weighted by Crippen LogP contribution is -1.88. The van der Waals surface area contributed by atoms with Crippen LogP contribution in [-0.2, 0) is 4.79 Å². The molecule has 0 aliphatic rings. The van der Waals surface area contributed by atoms with Gasteiger partial charge in [0.15, 0.2) is 0 Å². The third-order valence-corrected chi connectivity index (χ3v) is 2.61. The van der Waals surface area contributed by atoms with E-state index in [1.165, 1.54) is 6.08 Å². The fraction of sp³-hybridized carbons (Fsp3) is 0.143. The largest absolute Gasteiger partial charge is 0.496 e. The van der Waals surface area contributed by atoms with E-state index in [2.05, 4.69) is 9.98 Å². The Hall–Kier alpha value is -2.45. The van der Waals surface area contributed by atoms with Gasteiger partial charge in [-0.15, -0.1) is 0 Å². The van der Waals surface area contributed by atoms with Gasteiger partial charge >= 0.3 is 0 Å². The quantitative estimate of drug-likeness (QED) is 0.612. The van der Waals surface area contributed by atoms with Gasteiger partial charge in [-0.1, -0.05) is 0 Å². The number of ether oxygens (including phenoxy) is 1. The van der Waals surface area contributed by atoms with E-state index in [-0.39, 0.29) is 0 Å². The second kappa shape index (κ2) is 5.25. The summed E-state index contributed by atoms with van der Waals surface area (Å²) in [5.41, 5.74) is 3.37. The minimum atomic E-state index is 0.499. The SMILES string of the molecule is COc1ccc(-c2ccc(N=C=O)cn2)cc1C. The molecule has 0 unspecified atom stereocenters. The van der Waals surface area contributed by atoms with Gasteiger partial charge in [0, 0.05) is 5.56 Å². The molecule has 0 radical (unpaired) electrons. The highest BCUT2D eigenvalue weighted by atomic mass is 16.5. The number of benzene rings is 1. The highest BCUT2D eigenvalue weighted by Gasteiger charge is 2.03. The van der Waals surface area contributed by atoms with Gasteiger partial charge in [0.2, 0.25) is 6.08 Å². The smallest absolute Gasteiger partial charge is 0.240 e. The molecule has 1 heterocycles. The average Bonchev–Trinajstić information content (AvgIpc) is 2.40. The number of nitrogens with zero attached hydrogens (tertiary/aromatic N) is 2. The van der Waals surface area contributed by atoms with Crippen LogP contribution in [0.4, 0.5) is 5.69 Å².